The molecular formula is C18H24ClN3O3S2. The summed E-state index contributed by atoms with van der Waals surface area (Å²) in [5.74, 6) is 0.450. The second kappa shape index (κ2) is 10.6. The summed E-state index contributed by atoms with van der Waals surface area (Å²) < 4.78 is 27.9. The van der Waals surface area contributed by atoms with Crippen molar-refractivity contribution in [3.63, 3.8) is 0 Å². The molecule has 6 nitrogen and oxygen atoms in total. The molecule has 2 rings (SSSR count). The molecule has 0 unspecified atom stereocenters. The number of nitrogens with one attached hydrogen (secondary N) is 2. The van der Waals surface area contributed by atoms with Crippen LogP contribution < -0.4 is 15.8 Å². The van der Waals surface area contributed by atoms with Crippen LogP contribution in [0.3, 0.4) is 0 Å². The first-order valence-corrected chi connectivity index (χ1v) is 10.9. The van der Waals surface area contributed by atoms with Gasteiger partial charge in [-0.15, -0.1) is 12.4 Å². The van der Waals surface area contributed by atoms with Gasteiger partial charge in [0, 0.05) is 11.4 Å². The van der Waals surface area contributed by atoms with Crippen molar-refractivity contribution in [1.82, 2.24) is 0 Å². The van der Waals surface area contributed by atoms with Crippen LogP contribution in [0, 0.1) is 6.92 Å². The number of carbonyl (C=O) groups excluding carboxylic acids is 1. The molecule has 0 fully saturated rings. The standard InChI is InChI=1S/C18H23N3O3S2.ClH/c1-13-8-9-15(20-18(22)16(19)10-11-25-2)12-17(13)26(23,24)21-14-6-4-3-5-7-14;/h3-9,12,16,21H,10-11,19H2,1-2H3,(H,20,22);1H/t16-;/m0./s1. The molecule has 0 saturated heterocycles. The van der Waals surface area contributed by atoms with Crippen LogP contribution in [0.15, 0.2) is 53.4 Å². The molecule has 0 aliphatic heterocycles. The Labute approximate surface area is 170 Å². The van der Waals surface area contributed by atoms with Gasteiger partial charge in [-0.3, -0.25) is 9.52 Å². The van der Waals surface area contributed by atoms with Crippen molar-refractivity contribution in [1.29, 1.82) is 0 Å². The third-order valence-corrected chi connectivity index (χ3v) is 5.91. The van der Waals surface area contributed by atoms with E-state index in [1.807, 2.05) is 6.26 Å². The molecule has 1 atom stereocenters. The second-order valence-corrected chi connectivity index (χ2v) is 8.47. The SMILES string of the molecule is CSCC[C@H](N)C(=O)Nc1ccc(C)c(S(=O)(=O)Nc2ccccc2)c1.Cl. The summed E-state index contributed by atoms with van der Waals surface area (Å²) in [6, 6.07) is 12.8. The minimum atomic E-state index is -3.77. The molecule has 148 valence electrons. The number of aryl methyl sites for hydroxylation is 1. The van der Waals surface area contributed by atoms with Crippen LogP contribution in [0.2, 0.25) is 0 Å². The van der Waals surface area contributed by atoms with Gasteiger partial charge < -0.3 is 11.1 Å². The van der Waals surface area contributed by atoms with E-state index in [-0.39, 0.29) is 23.2 Å². The van der Waals surface area contributed by atoms with Crippen LogP contribution >= 0.6 is 24.2 Å². The predicted octanol–water partition coefficient (Wildman–Crippen LogP) is 3.24. The molecule has 0 spiro atoms. The highest BCUT2D eigenvalue weighted by molar-refractivity contribution is 7.98. The van der Waals surface area contributed by atoms with Gasteiger partial charge in [0.1, 0.15) is 0 Å². The zero-order chi connectivity index (χ0) is 19.2. The van der Waals surface area contributed by atoms with Gasteiger partial charge in [0.05, 0.1) is 10.9 Å². The van der Waals surface area contributed by atoms with Crippen molar-refractivity contribution in [2.24, 2.45) is 5.73 Å². The Morgan fingerprint density at radius 2 is 1.81 bits per heavy atom. The summed E-state index contributed by atoms with van der Waals surface area (Å²) in [4.78, 5) is 12.3. The van der Waals surface area contributed by atoms with E-state index in [2.05, 4.69) is 10.0 Å². The summed E-state index contributed by atoms with van der Waals surface area (Å²) in [6.45, 7) is 1.70. The first-order valence-electron chi connectivity index (χ1n) is 8.07. The number of anilines is 2. The third-order valence-electron chi connectivity index (χ3n) is 3.74. The Bertz CT molecular complexity index is 861. The fourth-order valence-electron chi connectivity index (χ4n) is 2.29. The summed E-state index contributed by atoms with van der Waals surface area (Å²) in [5.41, 5.74) is 7.30. The van der Waals surface area contributed by atoms with E-state index in [9.17, 15) is 13.2 Å². The van der Waals surface area contributed by atoms with Gasteiger partial charge in [-0.2, -0.15) is 11.8 Å². The Morgan fingerprint density at radius 3 is 2.44 bits per heavy atom. The van der Waals surface area contributed by atoms with Crippen molar-refractivity contribution in [2.75, 3.05) is 22.0 Å². The average Bonchev–Trinajstić information content (AvgIpc) is 2.61. The van der Waals surface area contributed by atoms with Gasteiger partial charge in [0.2, 0.25) is 5.91 Å². The maximum absolute atomic E-state index is 12.7. The van der Waals surface area contributed by atoms with E-state index in [1.54, 1.807) is 61.2 Å². The van der Waals surface area contributed by atoms with Crippen LogP contribution in [0.5, 0.6) is 0 Å². The highest BCUT2D eigenvalue weighted by atomic mass is 35.5. The summed E-state index contributed by atoms with van der Waals surface area (Å²) >= 11 is 1.61. The molecule has 1 amide bonds. The van der Waals surface area contributed by atoms with E-state index >= 15 is 0 Å². The molecule has 0 heterocycles. The molecule has 0 aliphatic carbocycles. The Hall–Kier alpha value is -1.74. The van der Waals surface area contributed by atoms with E-state index < -0.39 is 16.1 Å². The normalized spacial score (nSPS) is 12.0. The van der Waals surface area contributed by atoms with E-state index in [0.717, 1.165) is 5.75 Å². The van der Waals surface area contributed by atoms with Gasteiger partial charge >= 0.3 is 0 Å². The van der Waals surface area contributed by atoms with Crippen LogP contribution in [0.1, 0.15) is 12.0 Å². The quantitative estimate of drug-likeness (QED) is 0.598. The fraction of sp³-hybridized carbons (Fsp3) is 0.278. The molecule has 0 saturated carbocycles. The maximum atomic E-state index is 12.7. The maximum Gasteiger partial charge on any atom is 0.262 e. The lowest BCUT2D eigenvalue weighted by Gasteiger charge is -2.14. The lowest BCUT2D eigenvalue weighted by Crippen LogP contribution is -2.36. The van der Waals surface area contributed by atoms with Crippen molar-refractivity contribution in [3.05, 3.63) is 54.1 Å². The first kappa shape index (κ1) is 23.3. The molecule has 27 heavy (non-hydrogen) atoms. The largest absolute Gasteiger partial charge is 0.325 e. The molecule has 0 aliphatic rings. The number of hydrogen-bond donors (Lipinski definition) is 3. The zero-order valence-electron chi connectivity index (χ0n) is 15.1. The summed E-state index contributed by atoms with van der Waals surface area (Å²) in [6.07, 6.45) is 2.50. The molecule has 4 N–H and O–H groups in total. The molecule has 2 aromatic rings. The van der Waals surface area contributed by atoms with Crippen molar-refractivity contribution < 1.29 is 13.2 Å². The van der Waals surface area contributed by atoms with Gasteiger partial charge in [-0.05, 0) is 55.2 Å². The number of para-hydroxylation sites is 1. The number of halogens is 1. The van der Waals surface area contributed by atoms with Gasteiger partial charge in [0.25, 0.3) is 10.0 Å². The van der Waals surface area contributed by atoms with Crippen molar-refractivity contribution in [2.45, 2.75) is 24.3 Å². The Morgan fingerprint density at radius 1 is 1.15 bits per heavy atom. The van der Waals surface area contributed by atoms with Crippen molar-refractivity contribution in [3.8, 4) is 0 Å². The minimum absolute atomic E-state index is 0. The van der Waals surface area contributed by atoms with Gasteiger partial charge in [0.15, 0.2) is 0 Å². The predicted molar refractivity (Wildman–Crippen MR) is 115 cm³/mol. The lowest BCUT2D eigenvalue weighted by molar-refractivity contribution is -0.117. The van der Waals surface area contributed by atoms with Crippen LogP contribution in [0.4, 0.5) is 11.4 Å². The average molecular weight is 430 g/mol. The molecule has 0 radical (unpaired) electrons. The third kappa shape index (κ3) is 6.73. The topological polar surface area (TPSA) is 101 Å². The number of hydrogen-bond acceptors (Lipinski definition) is 5. The monoisotopic (exact) mass is 429 g/mol. The first-order chi connectivity index (χ1) is 12.3. The molecule has 2 aromatic carbocycles. The number of carbonyl (C=O) groups is 1. The highest BCUT2D eigenvalue weighted by Gasteiger charge is 2.19. The highest BCUT2D eigenvalue weighted by Crippen LogP contribution is 2.23. The summed E-state index contributed by atoms with van der Waals surface area (Å²) in [5, 5.41) is 2.69. The smallest absolute Gasteiger partial charge is 0.262 e. The van der Waals surface area contributed by atoms with Crippen LogP contribution in [0.25, 0.3) is 0 Å². The van der Waals surface area contributed by atoms with E-state index in [1.165, 1.54) is 6.07 Å². The number of nitrogens with two attached hydrogens (primary N) is 1. The number of benzene rings is 2. The number of sulfonamides is 1. The molecule has 0 aromatic heterocycles. The van der Waals surface area contributed by atoms with E-state index in [4.69, 9.17) is 5.73 Å². The van der Waals surface area contributed by atoms with Crippen LogP contribution in [-0.2, 0) is 14.8 Å². The lowest BCUT2D eigenvalue weighted by atomic mass is 10.2. The number of thioether (sulfide) groups is 1. The number of rotatable bonds is 8. The zero-order valence-corrected chi connectivity index (χ0v) is 17.6. The fourth-order valence-corrected chi connectivity index (χ4v) is 4.11. The molecule has 9 heteroatoms. The molecule has 0 bridgehead atoms. The second-order valence-electron chi connectivity index (χ2n) is 5.83. The van der Waals surface area contributed by atoms with E-state index in [0.29, 0.717) is 23.4 Å². The van der Waals surface area contributed by atoms with Crippen LogP contribution in [-0.4, -0.2) is 32.4 Å². The van der Waals surface area contributed by atoms with Gasteiger partial charge in [-0.25, -0.2) is 8.42 Å². The molecular weight excluding hydrogens is 406 g/mol. The summed E-state index contributed by atoms with van der Waals surface area (Å²) in [7, 11) is -3.77. The Balaban J connectivity index is 0.00000364. The van der Waals surface area contributed by atoms with Crippen molar-refractivity contribution >= 4 is 51.5 Å². The Kier molecular flexibility index (Phi) is 9.11. The van der Waals surface area contributed by atoms with Gasteiger partial charge in [-0.1, -0.05) is 24.3 Å². The minimum Gasteiger partial charge on any atom is -0.325 e. The number of amides is 1.